The van der Waals surface area contributed by atoms with Gasteiger partial charge in [0.1, 0.15) is 0 Å². The van der Waals surface area contributed by atoms with Crippen LogP contribution < -0.4 is 21.3 Å². The van der Waals surface area contributed by atoms with Crippen LogP contribution in [0.1, 0.15) is 0 Å². The molecule has 0 N–H and O–H groups in total. The summed E-state index contributed by atoms with van der Waals surface area (Å²) in [6, 6.07) is 74.2. The molecule has 59 heavy (non-hydrogen) atoms. The predicted octanol–water partition coefficient (Wildman–Crippen LogP) is 11.6. The first-order valence-electron chi connectivity index (χ1n) is 20.5. The average Bonchev–Trinajstić information content (AvgIpc) is 3.94. The van der Waals surface area contributed by atoms with E-state index in [1.165, 1.54) is 105 Å². The molecule has 0 aliphatic carbocycles. The first-order chi connectivity index (χ1) is 29.3. The van der Waals surface area contributed by atoms with Gasteiger partial charge in [-0.3, -0.25) is 0 Å². The quantitative estimate of drug-likeness (QED) is 0.165. The maximum atomic E-state index is 2.61. The van der Waals surface area contributed by atoms with Crippen molar-refractivity contribution in [2.24, 2.45) is 0 Å². The lowest BCUT2D eigenvalue weighted by atomic mass is 9.34. The van der Waals surface area contributed by atoms with Crippen molar-refractivity contribution in [1.82, 2.24) is 13.7 Å². The van der Waals surface area contributed by atoms with Crippen LogP contribution in [0.5, 0.6) is 0 Å². The maximum absolute atomic E-state index is 2.61. The molecule has 12 aromatic rings. The molecule has 272 valence electrons. The van der Waals surface area contributed by atoms with E-state index in [1.807, 2.05) is 0 Å². The highest BCUT2D eigenvalue weighted by atomic mass is 15.2. The zero-order valence-electron chi connectivity index (χ0n) is 31.9. The van der Waals surface area contributed by atoms with Crippen molar-refractivity contribution >= 4 is 106 Å². The molecule has 0 saturated carbocycles. The monoisotopic (exact) mass is 748 g/mol. The Hall–Kier alpha value is -7.76. The van der Waals surface area contributed by atoms with Gasteiger partial charge in [-0.1, -0.05) is 127 Å². The summed E-state index contributed by atoms with van der Waals surface area (Å²) in [5.41, 5.74) is 18.5. The van der Waals surface area contributed by atoms with Gasteiger partial charge in [-0.2, -0.15) is 0 Å². The van der Waals surface area contributed by atoms with Crippen LogP contribution in [0.25, 0.3) is 82.5 Å². The van der Waals surface area contributed by atoms with Gasteiger partial charge < -0.3 is 18.6 Å². The fraction of sp³-hybridized carbons (Fsp3) is 0. The Morgan fingerprint density at radius 3 is 1.49 bits per heavy atom. The van der Waals surface area contributed by atoms with Crippen LogP contribution in [0, 0.1) is 0 Å². The molecule has 5 heteroatoms. The van der Waals surface area contributed by atoms with Gasteiger partial charge in [-0.05, 0) is 89.2 Å². The van der Waals surface area contributed by atoms with Crippen LogP contribution in [0.2, 0.25) is 0 Å². The number of benzene rings is 9. The molecule has 0 spiro atoms. The number of fused-ring (bicyclic) bond motifs is 14. The minimum absolute atomic E-state index is 0.0530. The van der Waals surface area contributed by atoms with Crippen LogP contribution in [0.4, 0.5) is 17.1 Å². The Kier molecular flexibility index (Phi) is 6.07. The van der Waals surface area contributed by atoms with E-state index in [9.17, 15) is 0 Å². The highest BCUT2D eigenvalue weighted by Gasteiger charge is 2.43. The number of rotatable bonds is 3. The summed E-state index contributed by atoms with van der Waals surface area (Å²) < 4.78 is 7.60. The molecule has 4 nitrogen and oxygen atoms in total. The summed E-state index contributed by atoms with van der Waals surface area (Å²) in [4.78, 5) is 2.52. The molecular weight excluding hydrogens is 715 g/mol. The molecule has 0 amide bonds. The van der Waals surface area contributed by atoms with Gasteiger partial charge in [0.25, 0.3) is 6.71 Å². The molecule has 2 aliphatic rings. The van der Waals surface area contributed by atoms with Gasteiger partial charge >= 0.3 is 0 Å². The normalized spacial score (nSPS) is 13.0. The van der Waals surface area contributed by atoms with Crippen LogP contribution in [-0.4, -0.2) is 20.4 Å². The van der Waals surface area contributed by atoms with E-state index >= 15 is 0 Å². The molecule has 9 aromatic carbocycles. The van der Waals surface area contributed by atoms with Gasteiger partial charge in [-0.25, -0.2) is 0 Å². The number of nitrogens with zero attached hydrogens (tertiary/aromatic N) is 4. The topological polar surface area (TPSA) is 18.0 Å². The van der Waals surface area contributed by atoms with Gasteiger partial charge in [0.15, 0.2) is 0 Å². The van der Waals surface area contributed by atoms with E-state index in [2.05, 4.69) is 219 Å². The second-order valence-electron chi connectivity index (χ2n) is 16.1. The summed E-state index contributed by atoms with van der Waals surface area (Å²) in [6.45, 7) is 0.0530. The second kappa shape index (κ2) is 11.4. The fourth-order valence-corrected chi connectivity index (χ4v) is 10.9. The fourth-order valence-electron chi connectivity index (χ4n) is 10.9. The predicted molar refractivity (Wildman–Crippen MR) is 249 cm³/mol. The van der Waals surface area contributed by atoms with E-state index in [4.69, 9.17) is 0 Å². The first kappa shape index (κ1) is 31.3. The van der Waals surface area contributed by atoms with Crippen molar-refractivity contribution in [3.8, 4) is 17.1 Å². The van der Waals surface area contributed by atoms with Crippen LogP contribution in [0.3, 0.4) is 0 Å². The van der Waals surface area contributed by atoms with Crippen molar-refractivity contribution in [2.45, 2.75) is 0 Å². The minimum atomic E-state index is 0.0530. The van der Waals surface area contributed by atoms with Crippen molar-refractivity contribution in [2.75, 3.05) is 4.90 Å². The van der Waals surface area contributed by atoms with E-state index in [0.717, 1.165) is 11.4 Å². The lowest BCUT2D eigenvalue weighted by Crippen LogP contribution is -2.60. The molecule has 0 saturated heterocycles. The molecule has 0 unspecified atom stereocenters. The molecule has 0 bridgehead atoms. The molecular formula is C54H33BN4. The average molecular weight is 749 g/mol. The molecule has 0 atom stereocenters. The van der Waals surface area contributed by atoms with Gasteiger partial charge in [-0.15, -0.1) is 0 Å². The zero-order valence-corrected chi connectivity index (χ0v) is 31.9. The van der Waals surface area contributed by atoms with Gasteiger partial charge in [0, 0.05) is 60.8 Å². The Labute approximate surface area is 340 Å². The van der Waals surface area contributed by atoms with Crippen molar-refractivity contribution in [3.63, 3.8) is 0 Å². The Morgan fingerprint density at radius 1 is 0.305 bits per heavy atom. The summed E-state index contributed by atoms with van der Waals surface area (Å²) in [5.74, 6) is 0. The SMILES string of the molecule is c1ccc(N2c3ccccc3B3c4ccccc4-n4c5cc6c(cc5c5c(-n7c8ccccc8c8ccccc87)cc2c3c54)c2ccccc2n6-c2ccccc2)cc1. The van der Waals surface area contributed by atoms with E-state index in [0.29, 0.717) is 0 Å². The third kappa shape index (κ3) is 3.99. The van der Waals surface area contributed by atoms with Crippen molar-refractivity contribution < 1.29 is 0 Å². The standard InChI is InChI=1S/C54H33BN4/c1-3-17-34(18-4-1)56-43-26-12-9-23-38(43)39-31-40-49(32-48(39)56)59-47-30-16-11-25-42(47)55-41-24-10-15-29-46(41)57(35-19-5-2-6-20-35)51-33-50(52(40)54(59)53(51)55)58-44-27-13-7-21-36(44)37-22-8-14-28-45(37)58/h1-33H. The highest BCUT2D eigenvalue weighted by molar-refractivity contribution is 7.00. The zero-order chi connectivity index (χ0) is 38.3. The largest absolute Gasteiger partial charge is 0.311 e. The maximum Gasteiger partial charge on any atom is 0.252 e. The Morgan fingerprint density at radius 2 is 0.814 bits per heavy atom. The molecule has 0 fully saturated rings. The third-order valence-corrected chi connectivity index (χ3v) is 13.2. The molecule has 0 radical (unpaired) electrons. The molecule has 2 aliphatic heterocycles. The highest BCUT2D eigenvalue weighted by Crippen LogP contribution is 2.48. The lowest BCUT2D eigenvalue weighted by molar-refractivity contribution is 1.16. The molecule has 5 heterocycles. The number of aromatic nitrogens is 3. The van der Waals surface area contributed by atoms with Crippen molar-refractivity contribution in [1.29, 1.82) is 0 Å². The first-order valence-corrected chi connectivity index (χ1v) is 20.5. The van der Waals surface area contributed by atoms with Gasteiger partial charge in [0.2, 0.25) is 0 Å². The van der Waals surface area contributed by atoms with E-state index < -0.39 is 0 Å². The number of anilines is 3. The second-order valence-corrected chi connectivity index (χ2v) is 16.1. The minimum Gasteiger partial charge on any atom is -0.311 e. The van der Waals surface area contributed by atoms with Crippen LogP contribution in [0.15, 0.2) is 200 Å². The summed E-state index contributed by atoms with van der Waals surface area (Å²) in [7, 11) is 0. The lowest BCUT2D eigenvalue weighted by Gasteiger charge is -2.40. The molecule has 14 rings (SSSR count). The molecule has 3 aromatic heterocycles. The Balaban J connectivity index is 1.25. The third-order valence-electron chi connectivity index (χ3n) is 13.2. The smallest absolute Gasteiger partial charge is 0.252 e. The Bertz CT molecular complexity index is 3690. The van der Waals surface area contributed by atoms with Crippen LogP contribution >= 0.6 is 0 Å². The summed E-state index contributed by atoms with van der Waals surface area (Å²) in [6.07, 6.45) is 0. The summed E-state index contributed by atoms with van der Waals surface area (Å²) in [5, 5.41) is 7.54. The van der Waals surface area contributed by atoms with E-state index in [1.54, 1.807) is 0 Å². The number of hydrogen-bond acceptors (Lipinski definition) is 1. The van der Waals surface area contributed by atoms with Gasteiger partial charge in [0.05, 0.1) is 38.8 Å². The summed E-state index contributed by atoms with van der Waals surface area (Å²) >= 11 is 0. The number of para-hydroxylation sites is 7. The van der Waals surface area contributed by atoms with Crippen molar-refractivity contribution in [3.05, 3.63) is 200 Å². The number of hydrogen-bond donors (Lipinski definition) is 0. The van der Waals surface area contributed by atoms with E-state index in [-0.39, 0.29) is 6.71 Å². The van der Waals surface area contributed by atoms with Crippen LogP contribution in [-0.2, 0) is 0 Å².